The van der Waals surface area contributed by atoms with E-state index in [0.29, 0.717) is 0 Å². The topological polar surface area (TPSA) is 38.0 Å². The van der Waals surface area contributed by atoms with Crippen LogP contribution in [0, 0.1) is 11.6 Å². The molecule has 0 aliphatic carbocycles. The lowest BCUT2D eigenvalue weighted by molar-refractivity contribution is -0.115. The van der Waals surface area contributed by atoms with Gasteiger partial charge in [0.15, 0.2) is 11.6 Å². The molecule has 0 aliphatic rings. The predicted molar refractivity (Wildman–Crippen MR) is 45.3 cm³/mol. The molecule has 0 saturated heterocycles. The maximum absolute atomic E-state index is 13.0. The molecule has 1 aromatic rings. The molecule has 1 rings (SSSR count). The van der Waals surface area contributed by atoms with Gasteiger partial charge in [-0.25, -0.2) is 8.78 Å². The van der Waals surface area contributed by atoms with Gasteiger partial charge in [0, 0.05) is 0 Å². The van der Waals surface area contributed by atoms with Crippen LogP contribution in [0.25, 0.3) is 0 Å². The van der Waals surface area contributed by atoms with Crippen molar-refractivity contribution in [2.45, 2.75) is 6.18 Å². The molecule has 0 fully saturated rings. The zero-order valence-corrected chi connectivity index (χ0v) is 7.33. The van der Waals surface area contributed by atoms with E-state index in [4.69, 9.17) is 5.73 Å². The maximum Gasteiger partial charge on any atom is 0.405 e. The molecule has 7 heteroatoms. The van der Waals surface area contributed by atoms with E-state index in [1.165, 1.54) is 0 Å². The summed E-state index contributed by atoms with van der Waals surface area (Å²) in [7, 11) is 0. The van der Waals surface area contributed by atoms with Crippen molar-refractivity contribution in [2.75, 3.05) is 17.6 Å². The zero-order chi connectivity index (χ0) is 11.6. The molecule has 1 aromatic carbocycles. The van der Waals surface area contributed by atoms with Gasteiger partial charge < -0.3 is 11.1 Å². The summed E-state index contributed by atoms with van der Waals surface area (Å²) in [5, 5.41) is 1.70. The fourth-order valence-corrected chi connectivity index (χ4v) is 0.934. The molecule has 0 heterocycles. The van der Waals surface area contributed by atoms with E-state index in [1.807, 2.05) is 0 Å². The van der Waals surface area contributed by atoms with E-state index in [9.17, 15) is 22.0 Å². The fourth-order valence-electron chi connectivity index (χ4n) is 0.934. The van der Waals surface area contributed by atoms with Crippen molar-refractivity contribution in [3.05, 3.63) is 23.8 Å². The molecule has 0 bridgehead atoms. The standard InChI is InChI=1S/C8H7F5N2/c9-4-1-2-5(14)7(6(4)10)15-3-8(11,12)13/h1-2,15H,3,14H2. The number of hydrogen-bond acceptors (Lipinski definition) is 2. The maximum atomic E-state index is 13.0. The molecule has 0 unspecified atom stereocenters. The van der Waals surface area contributed by atoms with Crippen LogP contribution in [-0.4, -0.2) is 12.7 Å². The Morgan fingerprint density at radius 1 is 1.20 bits per heavy atom. The van der Waals surface area contributed by atoms with Gasteiger partial charge in [0.1, 0.15) is 6.54 Å². The van der Waals surface area contributed by atoms with Crippen LogP contribution in [0.2, 0.25) is 0 Å². The molecular formula is C8H7F5N2. The summed E-state index contributed by atoms with van der Waals surface area (Å²) < 4.78 is 60.9. The van der Waals surface area contributed by atoms with Gasteiger partial charge in [-0.05, 0) is 12.1 Å². The summed E-state index contributed by atoms with van der Waals surface area (Å²) in [6.07, 6.45) is -4.52. The number of anilines is 2. The van der Waals surface area contributed by atoms with Crippen molar-refractivity contribution in [3.63, 3.8) is 0 Å². The number of benzene rings is 1. The minimum Gasteiger partial charge on any atom is -0.397 e. The summed E-state index contributed by atoms with van der Waals surface area (Å²) >= 11 is 0. The molecule has 0 amide bonds. The molecule has 0 radical (unpaired) electrons. The first kappa shape index (κ1) is 11.5. The minimum absolute atomic E-state index is 0.279. The first-order chi connectivity index (χ1) is 6.81. The highest BCUT2D eigenvalue weighted by molar-refractivity contribution is 5.66. The van der Waals surface area contributed by atoms with Gasteiger partial charge in [-0.15, -0.1) is 0 Å². The van der Waals surface area contributed by atoms with Gasteiger partial charge >= 0.3 is 6.18 Å². The molecule has 84 valence electrons. The Morgan fingerprint density at radius 2 is 1.80 bits per heavy atom. The van der Waals surface area contributed by atoms with Crippen LogP contribution in [0.4, 0.5) is 33.3 Å². The Balaban J connectivity index is 2.90. The van der Waals surface area contributed by atoms with Crippen LogP contribution in [-0.2, 0) is 0 Å². The van der Waals surface area contributed by atoms with E-state index < -0.39 is 30.0 Å². The van der Waals surface area contributed by atoms with E-state index in [-0.39, 0.29) is 5.69 Å². The van der Waals surface area contributed by atoms with Crippen molar-refractivity contribution >= 4 is 11.4 Å². The highest BCUT2D eigenvalue weighted by atomic mass is 19.4. The van der Waals surface area contributed by atoms with E-state index in [1.54, 1.807) is 5.32 Å². The van der Waals surface area contributed by atoms with Crippen LogP contribution >= 0.6 is 0 Å². The second kappa shape index (κ2) is 3.92. The number of nitrogens with two attached hydrogens (primary N) is 1. The van der Waals surface area contributed by atoms with Crippen LogP contribution in [0.1, 0.15) is 0 Å². The first-order valence-electron chi connectivity index (χ1n) is 3.85. The predicted octanol–water partition coefficient (Wildman–Crippen LogP) is 2.52. The average molecular weight is 226 g/mol. The van der Waals surface area contributed by atoms with Gasteiger partial charge in [-0.1, -0.05) is 0 Å². The lowest BCUT2D eigenvalue weighted by Crippen LogP contribution is -2.22. The number of hydrogen-bond donors (Lipinski definition) is 2. The average Bonchev–Trinajstić information content (AvgIpc) is 2.10. The monoisotopic (exact) mass is 226 g/mol. The van der Waals surface area contributed by atoms with Crippen LogP contribution in [0.15, 0.2) is 12.1 Å². The van der Waals surface area contributed by atoms with Gasteiger partial charge in [0.2, 0.25) is 0 Å². The second-order valence-corrected chi connectivity index (χ2v) is 2.79. The molecule has 0 aliphatic heterocycles. The largest absolute Gasteiger partial charge is 0.405 e. The SMILES string of the molecule is Nc1ccc(F)c(F)c1NCC(F)(F)F. The lowest BCUT2D eigenvalue weighted by atomic mass is 10.2. The zero-order valence-electron chi connectivity index (χ0n) is 7.33. The second-order valence-electron chi connectivity index (χ2n) is 2.79. The molecule has 0 aromatic heterocycles. The molecule has 0 spiro atoms. The molecular weight excluding hydrogens is 219 g/mol. The Labute approximate surface area is 81.9 Å². The van der Waals surface area contributed by atoms with E-state index in [2.05, 4.69) is 0 Å². The summed E-state index contributed by atoms with van der Waals surface area (Å²) in [5.74, 6) is -2.67. The lowest BCUT2D eigenvalue weighted by Gasteiger charge is -2.12. The van der Waals surface area contributed by atoms with Gasteiger partial charge in [-0.3, -0.25) is 0 Å². The van der Waals surface area contributed by atoms with Gasteiger partial charge in [0.25, 0.3) is 0 Å². The quantitative estimate of drug-likeness (QED) is 0.600. The first-order valence-corrected chi connectivity index (χ1v) is 3.85. The fraction of sp³-hybridized carbons (Fsp3) is 0.250. The normalized spacial score (nSPS) is 11.5. The number of nitrogen functional groups attached to an aromatic ring is 1. The third-order valence-corrected chi connectivity index (χ3v) is 1.59. The summed E-state index contributed by atoms with van der Waals surface area (Å²) in [4.78, 5) is 0. The summed E-state index contributed by atoms with van der Waals surface area (Å²) in [6.45, 7) is -1.47. The van der Waals surface area contributed by atoms with Crippen LogP contribution in [0.3, 0.4) is 0 Å². The van der Waals surface area contributed by atoms with E-state index in [0.717, 1.165) is 12.1 Å². The van der Waals surface area contributed by atoms with Crippen molar-refractivity contribution < 1.29 is 22.0 Å². The highest BCUT2D eigenvalue weighted by Gasteiger charge is 2.27. The molecule has 3 N–H and O–H groups in total. The summed E-state index contributed by atoms with van der Waals surface area (Å²) in [6, 6.07) is 1.72. The molecule has 0 saturated carbocycles. The number of rotatable bonds is 2. The number of alkyl halides is 3. The number of nitrogens with one attached hydrogen (secondary N) is 1. The van der Waals surface area contributed by atoms with Crippen molar-refractivity contribution in [2.24, 2.45) is 0 Å². The molecule has 0 atom stereocenters. The van der Waals surface area contributed by atoms with Crippen molar-refractivity contribution in [1.29, 1.82) is 0 Å². The Kier molecular flexibility index (Phi) is 3.01. The Hall–Kier alpha value is -1.53. The third-order valence-electron chi connectivity index (χ3n) is 1.59. The third kappa shape index (κ3) is 2.97. The van der Waals surface area contributed by atoms with Crippen molar-refractivity contribution in [1.82, 2.24) is 0 Å². The summed E-state index contributed by atoms with van der Waals surface area (Å²) in [5.41, 5.74) is 4.23. The molecule has 2 nitrogen and oxygen atoms in total. The Morgan fingerprint density at radius 3 is 2.33 bits per heavy atom. The van der Waals surface area contributed by atoms with Gasteiger partial charge in [-0.2, -0.15) is 13.2 Å². The highest BCUT2D eigenvalue weighted by Crippen LogP contribution is 2.26. The Bertz CT molecular complexity index is 361. The van der Waals surface area contributed by atoms with Crippen molar-refractivity contribution in [3.8, 4) is 0 Å². The molecule has 15 heavy (non-hydrogen) atoms. The smallest absolute Gasteiger partial charge is 0.397 e. The van der Waals surface area contributed by atoms with Crippen LogP contribution < -0.4 is 11.1 Å². The number of halogens is 5. The van der Waals surface area contributed by atoms with E-state index >= 15 is 0 Å². The minimum atomic E-state index is -4.52. The van der Waals surface area contributed by atoms with Crippen LogP contribution in [0.5, 0.6) is 0 Å². The van der Waals surface area contributed by atoms with Gasteiger partial charge in [0.05, 0.1) is 11.4 Å².